The van der Waals surface area contributed by atoms with Crippen molar-refractivity contribution in [2.24, 2.45) is 23.5 Å². The Kier molecular flexibility index (Phi) is 3.32. The summed E-state index contributed by atoms with van der Waals surface area (Å²) in [6, 6.07) is 0.160. The highest BCUT2D eigenvalue weighted by molar-refractivity contribution is 5.79. The topological polar surface area (TPSA) is 64.4 Å². The predicted molar refractivity (Wildman–Crippen MR) is 68.9 cm³/mol. The van der Waals surface area contributed by atoms with Crippen molar-refractivity contribution < 1.29 is 9.53 Å². The number of carbonyl (C=O) groups excluding carboxylic acids is 1. The van der Waals surface area contributed by atoms with E-state index in [1.54, 1.807) is 0 Å². The maximum atomic E-state index is 12.2. The second kappa shape index (κ2) is 4.82. The average Bonchev–Trinajstić information content (AvgIpc) is 2.81. The van der Waals surface area contributed by atoms with Crippen molar-refractivity contribution in [3.8, 4) is 0 Å². The fourth-order valence-electron chi connectivity index (χ4n) is 3.73. The summed E-state index contributed by atoms with van der Waals surface area (Å²) in [7, 11) is 0. The number of nitrogens with two attached hydrogens (primary N) is 1. The highest BCUT2D eigenvalue weighted by atomic mass is 16.5. The number of rotatable bonds is 2. The lowest BCUT2D eigenvalue weighted by atomic mass is 9.71. The molecule has 0 aromatic heterocycles. The molecular formula is C14H24N2O2. The van der Waals surface area contributed by atoms with E-state index in [4.69, 9.17) is 10.5 Å². The van der Waals surface area contributed by atoms with Gasteiger partial charge in [-0.3, -0.25) is 4.79 Å². The van der Waals surface area contributed by atoms with Crippen molar-refractivity contribution in [2.75, 3.05) is 6.61 Å². The van der Waals surface area contributed by atoms with E-state index in [0.29, 0.717) is 5.92 Å². The molecule has 3 rings (SSSR count). The first kappa shape index (κ1) is 12.4. The van der Waals surface area contributed by atoms with Crippen LogP contribution in [0.1, 0.15) is 39.0 Å². The Bertz CT molecular complexity index is 326. The number of nitrogens with one attached hydrogen (secondary N) is 1. The number of amides is 1. The van der Waals surface area contributed by atoms with Gasteiger partial charge >= 0.3 is 0 Å². The van der Waals surface area contributed by atoms with Gasteiger partial charge < -0.3 is 15.8 Å². The maximum Gasteiger partial charge on any atom is 0.223 e. The number of hydrogen-bond donors (Lipinski definition) is 2. The zero-order valence-electron chi connectivity index (χ0n) is 11.1. The van der Waals surface area contributed by atoms with Crippen molar-refractivity contribution >= 4 is 5.91 Å². The van der Waals surface area contributed by atoms with Crippen LogP contribution in [-0.2, 0) is 9.53 Å². The molecule has 0 aromatic carbocycles. The van der Waals surface area contributed by atoms with E-state index in [1.165, 1.54) is 12.8 Å². The quantitative estimate of drug-likeness (QED) is 0.772. The highest BCUT2D eigenvalue weighted by Crippen LogP contribution is 2.38. The van der Waals surface area contributed by atoms with Gasteiger partial charge in [-0.1, -0.05) is 6.92 Å². The molecule has 102 valence electrons. The molecule has 0 spiro atoms. The van der Waals surface area contributed by atoms with Gasteiger partial charge in [0.1, 0.15) is 0 Å². The largest absolute Gasteiger partial charge is 0.376 e. The molecule has 4 nitrogen and oxygen atoms in total. The van der Waals surface area contributed by atoms with Gasteiger partial charge in [0, 0.05) is 24.5 Å². The van der Waals surface area contributed by atoms with E-state index < -0.39 is 0 Å². The molecule has 18 heavy (non-hydrogen) atoms. The van der Waals surface area contributed by atoms with Crippen molar-refractivity contribution in [2.45, 2.75) is 57.2 Å². The first-order chi connectivity index (χ1) is 8.66. The van der Waals surface area contributed by atoms with Crippen LogP contribution in [-0.4, -0.2) is 30.7 Å². The highest BCUT2D eigenvalue weighted by Gasteiger charge is 2.52. The van der Waals surface area contributed by atoms with Crippen molar-refractivity contribution in [3.63, 3.8) is 0 Å². The lowest BCUT2D eigenvalue weighted by molar-refractivity contribution is -0.130. The molecule has 4 heteroatoms. The lowest BCUT2D eigenvalue weighted by Gasteiger charge is -2.46. The number of ether oxygens (including phenoxy) is 1. The lowest BCUT2D eigenvalue weighted by Crippen LogP contribution is -2.69. The molecule has 0 aromatic rings. The van der Waals surface area contributed by atoms with Crippen LogP contribution in [0.2, 0.25) is 0 Å². The Morgan fingerprint density at radius 1 is 1.22 bits per heavy atom. The molecule has 1 heterocycles. The van der Waals surface area contributed by atoms with Gasteiger partial charge in [0.25, 0.3) is 0 Å². The van der Waals surface area contributed by atoms with E-state index in [1.807, 2.05) is 0 Å². The standard InChI is InChI=1S/C14H24N2O2/c1-8-2-4-9(5-3-8)14(17)16-12-11(15)10-6-7-18-13(10)12/h8-13H,2-7,15H2,1H3,(H,16,17). The molecule has 0 radical (unpaired) electrons. The van der Waals surface area contributed by atoms with Gasteiger partial charge in [0.05, 0.1) is 12.1 Å². The zero-order valence-corrected chi connectivity index (χ0v) is 11.1. The summed E-state index contributed by atoms with van der Waals surface area (Å²) in [4.78, 5) is 12.2. The Labute approximate surface area is 109 Å². The first-order valence-electron chi connectivity index (χ1n) is 7.34. The van der Waals surface area contributed by atoms with E-state index in [9.17, 15) is 4.79 Å². The van der Waals surface area contributed by atoms with Gasteiger partial charge in [-0.05, 0) is 38.0 Å². The van der Waals surface area contributed by atoms with Gasteiger partial charge in [0.15, 0.2) is 0 Å². The van der Waals surface area contributed by atoms with Crippen LogP contribution in [0.25, 0.3) is 0 Å². The van der Waals surface area contributed by atoms with Gasteiger partial charge in [0.2, 0.25) is 5.91 Å². The van der Waals surface area contributed by atoms with Crippen molar-refractivity contribution in [1.82, 2.24) is 5.32 Å². The smallest absolute Gasteiger partial charge is 0.223 e. The number of carbonyl (C=O) groups is 1. The van der Waals surface area contributed by atoms with Crippen LogP contribution in [0.5, 0.6) is 0 Å². The maximum absolute atomic E-state index is 12.2. The van der Waals surface area contributed by atoms with Crippen molar-refractivity contribution in [1.29, 1.82) is 0 Å². The van der Waals surface area contributed by atoms with Crippen LogP contribution in [0.3, 0.4) is 0 Å². The van der Waals surface area contributed by atoms with Crippen molar-refractivity contribution in [3.05, 3.63) is 0 Å². The van der Waals surface area contributed by atoms with Crippen LogP contribution in [0, 0.1) is 17.8 Å². The van der Waals surface area contributed by atoms with Gasteiger partial charge in [-0.2, -0.15) is 0 Å². The SMILES string of the molecule is CC1CCC(C(=O)NC2C(N)C3CCOC32)CC1. The molecule has 1 amide bonds. The minimum absolute atomic E-state index is 0.0596. The molecule has 2 saturated carbocycles. The van der Waals surface area contributed by atoms with Crippen LogP contribution in [0.15, 0.2) is 0 Å². The third-order valence-electron chi connectivity index (χ3n) is 5.14. The van der Waals surface area contributed by atoms with Crippen LogP contribution < -0.4 is 11.1 Å². The number of fused-ring (bicyclic) bond motifs is 1. The minimum Gasteiger partial charge on any atom is -0.376 e. The summed E-state index contributed by atoms with van der Waals surface area (Å²) in [6.45, 7) is 3.07. The average molecular weight is 252 g/mol. The molecule has 3 N–H and O–H groups in total. The Balaban J connectivity index is 1.52. The predicted octanol–water partition coefficient (Wildman–Crippen LogP) is 1.04. The first-order valence-corrected chi connectivity index (χ1v) is 7.34. The summed E-state index contributed by atoms with van der Waals surface area (Å²) in [6.07, 6.45) is 5.66. The molecular weight excluding hydrogens is 228 g/mol. The normalized spacial score (nSPS) is 47.2. The summed E-state index contributed by atoms with van der Waals surface area (Å²) in [5.41, 5.74) is 6.11. The fourth-order valence-corrected chi connectivity index (χ4v) is 3.73. The summed E-state index contributed by atoms with van der Waals surface area (Å²) in [5.74, 6) is 1.66. The van der Waals surface area contributed by atoms with E-state index in [0.717, 1.165) is 31.8 Å². The number of hydrogen-bond acceptors (Lipinski definition) is 3. The molecule has 4 unspecified atom stereocenters. The third-order valence-corrected chi connectivity index (χ3v) is 5.14. The van der Waals surface area contributed by atoms with Crippen LogP contribution >= 0.6 is 0 Å². The van der Waals surface area contributed by atoms with Crippen LogP contribution in [0.4, 0.5) is 0 Å². The molecule has 3 aliphatic rings. The second-order valence-electron chi connectivity index (χ2n) is 6.36. The minimum atomic E-state index is 0.0596. The fraction of sp³-hybridized carbons (Fsp3) is 0.929. The van der Waals surface area contributed by atoms with Gasteiger partial charge in [-0.25, -0.2) is 0 Å². The molecule has 1 aliphatic heterocycles. The molecule has 4 atom stereocenters. The molecule has 3 fully saturated rings. The molecule has 1 saturated heterocycles. The summed E-state index contributed by atoms with van der Waals surface area (Å²) < 4.78 is 5.65. The second-order valence-corrected chi connectivity index (χ2v) is 6.36. The molecule has 0 bridgehead atoms. The van der Waals surface area contributed by atoms with Gasteiger partial charge in [-0.15, -0.1) is 0 Å². The Morgan fingerprint density at radius 2 is 1.94 bits per heavy atom. The summed E-state index contributed by atoms with van der Waals surface area (Å²) in [5, 5.41) is 3.13. The molecule has 2 aliphatic carbocycles. The van der Waals surface area contributed by atoms with E-state index >= 15 is 0 Å². The zero-order chi connectivity index (χ0) is 12.7. The Hall–Kier alpha value is -0.610. The third kappa shape index (κ3) is 2.05. The Morgan fingerprint density at radius 3 is 2.67 bits per heavy atom. The van der Waals surface area contributed by atoms with E-state index in [2.05, 4.69) is 12.2 Å². The summed E-state index contributed by atoms with van der Waals surface area (Å²) >= 11 is 0. The monoisotopic (exact) mass is 252 g/mol. The van der Waals surface area contributed by atoms with E-state index in [-0.39, 0.29) is 30.0 Å².